The van der Waals surface area contributed by atoms with Crippen LogP contribution in [-0.4, -0.2) is 23.8 Å². The zero-order chi connectivity index (χ0) is 11.3. The lowest BCUT2D eigenvalue weighted by Gasteiger charge is -2.04. The Labute approximate surface area is 86.2 Å². The van der Waals surface area contributed by atoms with E-state index in [1.54, 1.807) is 6.92 Å². The predicted molar refractivity (Wildman–Crippen MR) is 51.1 cm³/mol. The Kier molecular flexibility index (Phi) is 3.68. The van der Waals surface area contributed by atoms with Crippen molar-refractivity contribution in [1.82, 2.24) is 0 Å². The maximum Gasteiger partial charge on any atom is 0.513 e. The highest BCUT2D eigenvalue weighted by Crippen LogP contribution is 2.13. The first-order valence-corrected chi connectivity index (χ1v) is 4.31. The van der Waals surface area contributed by atoms with Gasteiger partial charge in [0.1, 0.15) is 5.75 Å². The van der Waals surface area contributed by atoms with Crippen LogP contribution in [-0.2, 0) is 4.74 Å². The molecule has 0 spiro atoms. The van der Waals surface area contributed by atoms with Gasteiger partial charge in [-0.2, -0.15) is 0 Å². The fourth-order valence-corrected chi connectivity index (χ4v) is 0.936. The Morgan fingerprint density at radius 1 is 1.40 bits per heavy atom. The fourth-order valence-electron chi connectivity index (χ4n) is 0.936. The van der Waals surface area contributed by atoms with Crippen molar-refractivity contribution in [3.8, 4) is 5.75 Å². The van der Waals surface area contributed by atoms with Crippen LogP contribution in [0.2, 0.25) is 0 Å². The fraction of sp³-hybridized carbons (Fsp3) is 0.200. The van der Waals surface area contributed by atoms with E-state index in [1.165, 1.54) is 24.3 Å². The van der Waals surface area contributed by atoms with Gasteiger partial charge in [-0.05, 0) is 25.1 Å². The molecule has 0 saturated carbocycles. The van der Waals surface area contributed by atoms with Crippen molar-refractivity contribution >= 4 is 12.1 Å². The lowest BCUT2D eigenvalue weighted by molar-refractivity contribution is 0.0694. The number of ether oxygens (including phenoxy) is 2. The van der Waals surface area contributed by atoms with Gasteiger partial charge in [-0.25, -0.2) is 9.59 Å². The molecule has 0 aliphatic heterocycles. The van der Waals surface area contributed by atoms with Crippen molar-refractivity contribution in [2.75, 3.05) is 6.61 Å². The van der Waals surface area contributed by atoms with Crippen molar-refractivity contribution in [2.45, 2.75) is 6.92 Å². The Bertz CT molecular complexity index is 372. The quantitative estimate of drug-likeness (QED) is 0.609. The molecule has 0 radical (unpaired) electrons. The number of carbonyl (C=O) groups excluding carboxylic acids is 1. The molecule has 0 unspecified atom stereocenters. The minimum absolute atomic E-state index is 0.0526. The van der Waals surface area contributed by atoms with Crippen LogP contribution in [0.4, 0.5) is 4.79 Å². The molecule has 0 aliphatic rings. The minimum atomic E-state index is -1.08. The van der Waals surface area contributed by atoms with Crippen molar-refractivity contribution < 1.29 is 24.2 Å². The number of aromatic carboxylic acids is 1. The van der Waals surface area contributed by atoms with Gasteiger partial charge in [-0.3, -0.25) is 0 Å². The van der Waals surface area contributed by atoms with Crippen LogP contribution < -0.4 is 4.74 Å². The van der Waals surface area contributed by atoms with Crippen LogP contribution in [0.5, 0.6) is 5.75 Å². The van der Waals surface area contributed by atoms with Crippen LogP contribution >= 0.6 is 0 Å². The van der Waals surface area contributed by atoms with E-state index >= 15 is 0 Å². The molecule has 1 N–H and O–H groups in total. The topological polar surface area (TPSA) is 72.8 Å². The van der Waals surface area contributed by atoms with Crippen LogP contribution in [0, 0.1) is 0 Å². The number of hydrogen-bond donors (Lipinski definition) is 1. The summed E-state index contributed by atoms with van der Waals surface area (Å²) in [6.07, 6.45) is -0.847. The molecule has 0 heterocycles. The van der Waals surface area contributed by atoms with Gasteiger partial charge in [0.05, 0.1) is 12.2 Å². The molecule has 0 aromatic heterocycles. The van der Waals surface area contributed by atoms with Crippen molar-refractivity contribution in [1.29, 1.82) is 0 Å². The summed E-state index contributed by atoms with van der Waals surface area (Å²) in [5.41, 5.74) is 0.0526. The second-order valence-corrected chi connectivity index (χ2v) is 2.62. The Morgan fingerprint density at radius 3 is 2.73 bits per heavy atom. The lowest BCUT2D eigenvalue weighted by Crippen LogP contribution is -2.10. The van der Waals surface area contributed by atoms with Gasteiger partial charge < -0.3 is 14.6 Å². The highest BCUT2D eigenvalue weighted by atomic mass is 16.7. The van der Waals surface area contributed by atoms with Gasteiger partial charge in [0.25, 0.3) is 0 Å². The highest BCUT2D eigenvalue weighted by molar-refractivity contribution is 5.88. The van der Waals surface area contributed by atoms with E-state index in [2.05, 4.69) is 4.74 Å². The van der Waals surface area contributed by atoms with Crippen molar-refractivity contribution in [3.63, 3.8) is 0 Å². The zero-order valence-corrected chi connectivity index (χ0v) is 8.10. The first-order chi connectivity index (χ1) is 7.13. The molecule has 0 saturated heterocycles. The third kappa shape index (κ3) is 3.30. The highest BCUT2D eigenvalue weighted by Gasteiger charge is 2.07. The molecule has 1 rings (SSSR count). The summed E-state index contributed by atoms with van der Waals surface area (Å²) in [4.78, 5) is 21.5. The summed E-state index contributed by atoms with van der Waals surface area (Å²) in [5.74, 6) is -0.933. The molecule has 1 aromatic carbocycles. The van der Waals surface area contributed by atoms with Gasteiger partial charge in [0.2, 0.25) is 0 Å². The number of hydrogen-bond acceptors (Lipinski definition) is 4. The summed E-state index contributed by atoms with van der Waals surface area (Å²) in [5, 5.41) is 8.68. The molecule has 1 aromatic rings. The largest absolute Gasteiger partial charge is 0.513 e. The molecule has 80 valence electrons. The summed E-state index contributed by atoms with van der Waals surface area (Å²) in [7, 11) is 0. The summed E-state index contributed by atoms with van der Waals surface area (Å²) >= 11 is 0. The molecular formula is C10H10O5. The summed E-state index contributed by atoms with van der Waals surface area (Å²) in [6.45, 7) is 1.85. The SMILES string of the molecule is CCOC(=O)Oc1cccc(C(=O)O)c1. The molecule has 0 atom stereocenters. The lowest BCUT2D eigenvalue weighted by atomic mass is 10.2. The zero-order valence-electron chi connectivity index (χ0n) is 8.10. The molecule has 5 heteroatoms. The van der Waals surface area contributed by atoms with Crippen molar-refractivity contribution in [2.24, 2.45) is 0 Å². The molecule has 5 nitrogen and oxygen atoms in total. The van der Waals surface area contributed by atoms with Gasteiger partial charge in [-0.15, -0.1) is 0 Å². The first-order valence-electron chi connectivity index (χ1n) is 4.31. The van der Waals surface area contributed by atoms with Crippen molar-refractivity contribution in [3.05, 3.63) is 29.8 Å². The second-order valence-electron chi connectivity index (χ2n) is 2.62. The summed E-state index contributed by atoms with van der Waals surface area (Å²) in [6, 6.07) is 5.61. The Balaban J connectivity index is 2.73. The van der Waals surface area contributed by atoms with E-state index in [0.717, 1.165) is 0 Å². The Hall–Kier alpha value is -2.04. The van der Waals surface area contributed by atoms with E-state index in [9.17, 15) is 9.59 Å². The van der Waals surface area contributed by atoms with E-state index in [-0.39, 0.29) is 17.9 Å². The molecular weight excluding hydrogens is 200 g/mol. The van der Waals surface area contributed by atoms with Gasteiger partial charge >= 0.3 is 12.1 Å². The third-order valence-corrected chi connectivity index (χ3v) is 1.54. The average Bonchev–Trinajstić information content (AvgIpc) is 2.18. The van der Waals surface area contributed by atoms with Crippen LogP contribution in [0.1, 0.15) is 17.3 Å². The van der Waals surface area contributed by atoms with Crippen LogP contribution in [0.3, 0.4) is 0 Å². The van der Waals surface area contributed by atoms with E-state index in [1.807, 2.05) is 0 Å². The second kappa shape index (κ2) is 4.99. The average molecular weight is 210 g/mol. The number of rotatable bonds is 3. The third-order valence-electron chi connectivity index (χ3n) is 1.54. The predicted octanol–water partition coefficient (Wildman–Crippen LogP) is 1.92. The molecule has 0 bridgehead atoms. The molecule has 0 amide bonds. The first kappa shape index (κ1) is 11.0. The molecule has 15 heavy (non-hydrogen) atoms. The van der Waals surface area contributed by atoms with E-state index in [4.69, 9.17) is 9.84 Å². The number of carboxylic acids is 1. The molecule has 0 aliphatic carbocycles. The normalized spacial score (nSPS) is 9.40. The monoisotopic (exact) mass is 210 g/mol. The van der Waals surface area contributed by atoms with Crippen LogP contribution in [0.15, 0.2) is 24.3 Å². The maximum atomic E-state index is 10.9. The molecule has 0 fully saturated rings. The number of benzene rings is 1. The van der Waals surface area contributed by atoms with Gasteiger partial charge in [-0.1, -0.05) is 6.07 Å². The Morgan fingerprint density at radius 2 is 2.13 bits per heavy atom. The van der Waals surface area contributed by atoms with Gasteiger partial charge in [0, 0.05) is 0 Å². The standard InChI is InChI=1S/C10H10O5/c1-2-14-10(13)15-8-5-3-4-7(6-8)9(11)12/h3-6H,2H2,1H3,(H,11,12). The summed E-state index contributed by atoms with van der Waals surface area (Å²) < 4.78 is 9.26. The smallest absolute Gasteiger partial charge is 0.478 e. The number of carbonyl (C=O) groups is 2. The van der Waals surface area contributed by atoms with E-state index < -0.39 is 12.1 Å². The maximum absolute atomic E-state index is 10.9. The van der Waals surface area contributed by atoms with Crippen LogP contribution in [0.25, 0.3) is 0 Å². The van der Waals surface area contributed by atoms with Gasteiger partial charge in [0.15, 0.2) is 0 Å². The number of carboxylic acid groups (broad SMARTS) is 1. The minimum Gasteiger partial charge on any atom is -0.478 e. The van der Waals surface area contributed by atoms with E-state index in [0.29, 0.717) is 0 Å².